The SMILES string of the molecule is CC1CC(=O)CCCCCCCCCCC(O)C(O)C1. The fourth-order valence-electron chi connectivity index (χ4n) is 3.07. The highest BCUT2D eigenvalue weighted by atomic mass is 16.3. The summed E-state index contributed by atoms with van der Waals surface area (Å²) in [6.07, 6.45) is 10.4. The van der Waals surface area contributed by atoms with Gasteiger partial charge in [-0.15, -0.1) is 0 Å². The Labute approximate surface area is 123 Å². The number of hydrogen-bond donors (Lipinski definition) is 2. The molecule has 1 aliphatic carbocycles. The number of carbonyl (C=O) groups excluding carboxylic acids is 1. The average Bonchev–Trinajstić information content (AvgIpc) is 2.39. The minimum atomic E-state index is -0.675. The molecule has 0 bridgehead atoms. The standard InChI is InChI=1S/C17H32O3/c1-14-12-15(18)10-8-6-4-2-3-5-7-9-11-16(19)17(20)13-14/h14,16-17,19-20H,2-13H2,1H3. The van der Waals surface area contributed by atoms with Crippen molar-refractivity contribution < 1.29 is 15.0 Å². The van der Waals surface area contributed by atoms with Crippen LogP contribution in [0.15, 0.2) is 0 Å². The van der Waals surface area contributed by atoms with Gasteiger partial charge in [0.2, 0.25) is 0 Å². The predicted octanol–water partition coefficient (Wildman–Crippen LogP) is 3.61. The van der Waals surface area contributed by atoms with Gasteiger partial charge in [-0.25, -0.2) is 0 Å². The smallest absolute Gasteiger partial charge is 0.133 e. The highest BCUT2D eigenvalue weighted by Crippen LogP contribution is 2.19. The zero-order valence-corrected chi connectivity index (χ0v) is 13.0. The molecule has 0 saturated heterocycles. The van der Waals surface area contributed by atoms with Crippen LogP contribution in [0.2, 0.25) is 0 Å². The lowest BCUT2D eigenvalue weighted by molar-refractivity contribution is -0.120. The second-order valence-corrected chi connectivity index (χ2v) is 6.59. The zero-order chi connectivity index (χ0) is 14.8. The van der Waals surface area contributed by atoms with Gasteiger partial charge in [0.15, 0.2) is 0 Å². The third kappa shape index (κ3) is 8.01. The Kier molecular flexibility index (Phi) is 9.12. The molecule has 0 aromatic heterocycles. The van der Waals surface area contributed by atoms with Crippen LogP contribution >= 0.6 is 0 Å². The van der Waals surface area contributed by atoms with E-state index in [9.17, 15) is 15.0 Å². The van der Waals surface area contributed by atoms with Crippen molar-refractivity contribution in [3.05, 3.63) is 0 Å². The lowest BCUT2D eigenvalue weighted by atomic mass is 9.92. The largest absolute Gasteiger partial charge is 0.390 e. The summed E-state index contributed by atoms with van der Waals surface area (Å²) < 4.78 is 0. The van der Waals surface area contributed by atoms with Crippen LogP contribution < -0.4 is 0 Å². The van der Waals surface area contributed by atoms with Gasteiger partial charge in [0, 0.05) is 12.8 Å². The first-order valence-electron chi connectivity index (χ1n) is 8.47. The maximum atomic E-state index is 11.8. The van der Waals surface area contributed by atoms with E-state index < -0.39 is 12.2 Å². The monoisotopic (exact) mass is 284 g/mol. The number of carbonyl (C=O) groups is 1. The van der Waals surface area contributed by atoms with Gasteiger partial charge in [-0.05, 0) is 25.2 Å². The van der Waals surface area contributed by atoms with Gasteiger partial charge in [0.05, 0.1) is 12.2 Å². The highest BCUT2D eigenvalue weighted by molar-refractivity contribution is 5.78. The number of hydrogen-bond acceptors (Lipinski definition) is 3. The van der Waals surface area contributed by atoms with Gasteiger partial charge >= 0.3 is 0 Å². The second kappa shape index (κ2) is 10.3. The van der Waals surface area contributed by atoms with E-state index >= 15 is 0 Å². The van der Waals surface area contributed by atoms with Crippen LogP contribution in [-0.2, 0) is 4.79 Å². The molecule has 2 N–H and O–H groups in total. The molecule has 1 saturated carbocycles. The molecule has 3 unspecified atom stereocenters. The van der Waals surface area contributed by atoms with E-state index in [1.54, 1.807) is 0 Å². The van der Waals surface area contributed by atoms with E-state index in [0.29, 0.717) is 31.5 Å². The Hall–Kier alpha value is -0.410. The fourth-order valence-corrected chi connectivity index (χ4v) is 3.07. The van der Waals surface area contributed by atoms with Crippen molar-refractivity contribution in [2.45, 2.75) is 96.2 Å². The molecular weight excluding hydrogens is 252 g/mol. The number of Topliss-reactive ketones (excluding diaryl/α,β-unsaturated/α-hetero) is 1. The lowest BCUT2D eigenvalue weighted by Crippen LogP contribution is -2.28. The van der Waals surface area contributed by atoms with Crippen LogP contribution in [-0.4, -0.2) is 28.2 Å². The molecule has 0 amide bonds. The van der Waals surface area contributed by atoms with Crippen LogP contribution in [0.25, 0.3) is 0 Å². The van der Waals surface area contributed by atoms with Crippen molar-refractivity contribution in [1.82, 2.24) is 0 Å². The van der Waals surface area contributed by atoms with Gasteiger partial charge in [-0.2, -0.15) is 0 Å². The van der Waals surface area contributed by atoms with Crippen molar-refractivity contribution in [2.24, 2.45) is 5.92 Å². The first kappa shape index (κ1) is 17.6. The van der Waals surface area contributed by atoms with Crippen LogP contribution in [0.5, 0.6) is 0 Å². The van der Waals surface area contributed by atoms with Gasteiger partial charge in [0.1, 0.15) is 5.78 Å². The van der Waals surface area contributed by atoms with Crippen molar-refractivity contribution in [3.63, 3.8) is 0 Å². The molecule has 0 spiro atoms. The Balaban J connectivity index is 2.41. The molecule has 20 heavy (non-hydrogen) atoms. The van der Waals surface area contributed by atoms with Gasteiger partial charge in [0.25, 0.3) is 0 Å². The molecule has 3 heteroatoms. The fraction of sp³-hybridized carbons (Fsp3) is 0.941. The van der Waals surface area contributed by atoms with Crippen molar-refractivity contribution in [2.75, 3.05) is 0 Å². The number of aliphatic hydroxyl groups excluding tert-OH is 2. The Bertz CT molecular complexity index is 265. The molecule has 3 atom stereocenters. The summed E-state index contributed by atoms with van der Waals surface area (Å²) in [5.41, 5.74) is 0. The summed E-state index contributed by atoms with van der Waals surface area (Å²) in [5, 5.41) is 19.9. The number of aliphatic hydroxyl groups is 2. The van der Waals surface area contributed by atoms with E-state index in [1.807, 2.05) is 6.92 Å². The highest BCUT2D eigenvalue weighted by Gasteiger charge is 2.20. The molecule has 1 rings (SSSR count). The van der Waals surface area contributed by atoms with Crippen molar-refractivity contribution >= 4 is 5.78 Å². The second-order valence-electron chi connectivity index (χ2n) is 6.59. The van der Waals surface area contributed by atoms with Crippen LogP contribution in [0.4, 0.5) is 0 Å². The minimum absolute atomic E-state index is 0.167. The Morgan fingerprint density at radius 2 is 1.40 bits per heavy atom. The van der Waals surface area contributed by atoms with Crippen molar-refractivity contribution in [1.29, 1.82) is 0 Å². The molecule has 0 heterocycles. The van der Waals surface area contributed by atoms with Gasteiger partial charge < -0.3 is 10.2 Å². The Morgan fingerprint density at radius 3 is 2.05 bits per heavy atom. The summed E-state index contributed by atoms with van der Waals surface area (Å²) in [6.45, 7) is 2.00. The molecule has 3 nitrogen and oxygen atoms in total. The first-order chi connectivity index (χ1) is 9.59. The molecule has 118 valence electrons. The number of ketones is 1. The molecular formula is C17H32O3. The lowest BCUT2D eigenvalue weighted by Gasteiger charge is -2.21. The summed E-state index contributed by atoms with van der Waals surface area (Å²) in [7, 11) is 0. The summed E-state index contributed by atoms with van der Waals surface area (Å²) in [5.74, 6) is 0.478. The van der Waals surface area contributed by atoms with E-state index in [4.69, 9.17) is 0 Å². The Morgan fingerprint density at radius 1 is 0.850 bits per heavy atom. The van der Waals surface area contributed by atoms with Gasteiger partial charge in [-0.1, -0.05) is 51.9 Å². The number of rotatable bonds is 0. The molecule has 1 fully saturated rings. The van der Waals surface area contributed by atoms with Crippen LogP contribution in [0, 0.1) is 5.92 Å². The van der Waals surface area contributed by atoms with Crippen molar-refractivity contribution in [3.8, 4) is 0 Å². The average molecular weight is 284 g/mol. The minimum Gasteiger partial charge on any atom is -0.390 e. The molecule has 1 aliphatic rings. The first-order valence-corrected chi connectivity index (χ1v) is 8.47. The van der Waals surface area contributed by atoms with E-state index in [2.05, 4.69) is 0 Å². The van der Waals surface area contributed by atoms with E-state index in [0.717, 1.165) is 19.3 Å². The summed E-state index contributed by atoms with van der Waals surface area (Å²) >= 11 is 0. The summed E-state index contributed by atoms with van der Waals surface area (Å²) in [4.78, 5) is 11.8. The maximum Gasteiger partial charge on any atom is 0.133 e. The third-order valence-electron chi connectivity index (χ3n) is 4.37. The third-order valence-corrected chi connectivity index (χ3v) is 4.37. The van der Waals surface area contributed by atoms with Crippen LogP contribution in [0.3, 0.4) is 0 Å². The van der Waals surface area contributed by atoms with Gasteiger partial charge in [-0.3, -0.25) is 4.79 Å². The topological polar surface area (TPSA) is 57.5 Å². The van der Waals surface area contributed by atoms with E-state index in [-0.39, 0.29) is 5.92 Å². The zero-order valence-electron chi connectivity index (χ0n) is 13.0. The van der Waals surface area contributed by atoms with Crippen LogP contribution in [0.1, 0.15) is 84.0 Å². The molecule has 0 aromatic rings. The molecule has 0 aliphatic heterocycles. The normalized spacial score (nSPS) is 33.0. The molecule has 0 aromatic carbocycles. The molecule has 0 radical (unpaired) electrons. The maximum absolute atomic E-state index is 11.8. The summed E-state index contributed by atoms with van der Waals surface area (Å²) in [6, 6.07) is 0. The quantitative estimate of drug-likeness (QED) is 0.714. The van der Waals surface area contributed by atoms with E-state index in [1.165, 1.54) is 32.1 Å². The predicted molar refractivity (Wildman–Crippen MR) is 81.6 cm³/mol.